The third kappa shape index (κ3) is 2.99. The van der Waals surface area contributed by atoms with Crippen LogP contribution in [0, 0.1) is 17.8 Å². The maximum Gasteiger partial charge on any atom is 0.226 e. The van der Waals surface area contributed by atoms with Crippen molar-refractivity contribution < 1.29 is 4.79 Å². The number of hydrogen-bond acceptors (Lipinski definition) is 4. The molecular weight excluding hydrogens is 330 g/mol. The van der Waals surface area contributed by atoms with Gasteiger partial charge in [0.2, 0.25) is 5.91 Å². The van der Waals surface area contributed by atoms with Crippen molar-refractivity contribution in [1.29, 1.82) is 0 Å². The van der Waals surface area contributed by atoms with E-state index >= 15 is 0 Å². The molecular formula is C20H23N3OS. The summed E-state index contributed by atoms with van der Waals surface area (Å²) in [6.45, 7) is 0. The average molecular weight is 353 g/mol. The highest BCUT2D eigenvalue weighted by molar-refractivity contribution is 7.13. The lowest BCUT2D eigenvalue weighted by molar-refractivity contribution is -0.126. The van der Waals surface area contributed by atoms with Gasteiger partial charge in [-0.3, -0.25) is 9.78 Å². The highest BCUT2D eigenvalue weighted by Gasteiger charge is 2.51. The lowest BCUT2D eigenvalue weighted by Gasteiger charge is -2.56. The maximum absolute atomic E-state index is 12.7. The minimum atomic E-state index is 0.0890. The van der Waals surface area contributed by atoms with Crippen LogP contribution < -0.4 is 5.32 Å². The second-order valence-corrected chi connectivity index (χ2v) is 9.14. The molecule has 2 heterocycles. The summed E-state index contributed by atoms with van der Waals surface area (Å²) in [5.74, 6) is 2.68. The molecule has 2 aromatic rings. The molecule has 4 aliphatic rings. The Labute approximate surface area is 152 Å². The fourth-order valence-corrected chi connectivity index (χ4v) is 6.56. The predicted molar refractivity (Wildman–Crippen MR) is 98.1 cm³/mol. The van der Waals surface area contributed by atoms with E-state index in [1.165, 1.54) is 38.5 Å². The number of carbonyl (C=O) groups excluding carboxylic acids is 1. The number of nitrogens with one attached hydrogen (secondary N) is 1. The summed E-state index contributed by atoms with van der Waals surface area (Å²) in [7, 11) is 0. The Hall–Kier alpha value is -1.75. The molecule has 2 aromatic heterocycles. The minimum Gasteiger partial charge on any atom is -0.350 e. The number of aromatic nitrogens is 2. The summed E-state index contributed by atoms with van der Waals surface area (Å²) in [4.78, 5) is 21.6. The van der Waals surface area contributed by atoms with Gasteiger partial charge in [-0.1, -0.05) is 6.07 Å². The van der Waals surface area contributed by atoms with E-state index in [9.17, 15) is 4.79 Å². The van der Waals surface area contributed by atoms with E-state index in [1.54, 1.807) is 17.5 Å². The van der Waals surface area contributed by atoms with Crippen molar-refractivity contribution >= 4 is 17.2 Å². The lowest BCUT2D eigenvalue weighted by Crippen LogP contribution is -2.60. The van der Waals surface area contributed by atoms with Crippen LogP contribution >= 0.6 is 11.3 Å². The van der Waals surface area contributed by atoms with Crippen molar-refractivity contribution in [2.24, 2.45) is 17.8 Å². The van der Waals surface area contributed by atoms with Gasteiger partial charge in [-0.2, -0.15) is 0 Å². The quantitative estimate of drug-likeness (QED) is 0.909. The third-order valence-corrected chi connectivity index (χ3v) is 7.13. The molecule has 0 unspecified atom stereocenters. The van der Waals surface area contributed by atoms with Crippen molar-refractivity contribution in [1.82, 2.24) is 15.3 Å². The number of carbonyl (C=O) groups is 1. The molecule has 0 aliphatic heterocycles. The molecule has 0 atom stereocenters. The Morgan fingerprint density at radius 1 is 1.16 bits per heavy atom. The number of rotatable bonds is 4. The first-order valence-corrected chi connectivity index (χ1v) is 10.2. The second kappa shape index (κ2) is 5.90. The van der Waals surface area contributed by atoms with Gasteiger partial charge in [0.15, 0.2) is 0 Å². The zero-order chi connectivity index (χ0) is 16.9. The van der Waals surface area contributed by atoms with Gasteiger partial charge in [-0.25, -0.2) is 4.98 Å². The van der Waals surface area contributed by atoms with Gasteiger partial charge < -0.3 is 5.32 Å². The molecule has 4 fully saturated rings. The molecule has 25 heavy (non-hydrogen) atoms. The van der Waals surface area contributed by atoms with Gasteiger partial charge in [0.05, 0.1) is 17.8 Å². The summed E-state index contributed by atoms with van der Waals surface area (Å²) in [6, 6.07) is 5.82. The van der Waals surface area contributed by atoms with Crippen LogP contribution in [0.1, 0.15) is 44.2 Å². The summed E-state index contributed by atoms with van der Waals surface area (Å²) in [5, 5.41) is 6.31. The van der Waals surface area contributed by atoms with Gasteiger partial charge in [0.25, 0.3) is 0 Å². The highest BCUT2D eigenvalue weighted by Crippen LogP contribution is 2.55. The van der Waals surface area contributed by atoms with Gasteiger partial charge in [0.1, 0.15) is 5.01 Å². The SMILES string of the molecule is O=C(Cc1csc(-c2ccccn2)n1)NC12CC3CC(CC(C3)C1)C2. The van der Waals surface area contributed by atoms with Crippen LogP contribution in [0.2, 0.25) is 0 Å². The van der Waals surface area contributed by atoms with E-state index in [4.69, 9.17) is 0 Å². The van der Waals surface area contributed by atoms with Gasteiger partial charge >= 0.3 is 0 Å². The number of nitrogens with zero attached hydrogens (tertiary/aromatic N) is 2. The van der Waals surface area contributed by atoms with Crippen molar-refractivity contribution in [3.63, 3.8) is 0 Å². The van der Waals surface area contributed by atoms with Crippen LogP contribution in [-0.4, -0.2) is 21.4 Å². The van der Waals surface area contributed by atoms with E-state index in [-0.39, 0.29) is 11.4 Å². The molecule has 6 rings (SSSR count). The standard InChI is InChI=1S/C20H23N3OS/c24-18(8-16-12-25-19(22-16)17-3-1-2-4-21-17)23-20-9-13-5-14(10-20)7-15(6-13)11-20/h1-4,12-15H,5-11H2,(H,23,24). The molecule has 5 heteroatoms. The van der Waals surface area contributed by atoms with E-state index in [0.29, 0.717) is 6.42 Å². The monoisotopic (exact) mass is 353 g/mol. The number of pyridine rings is 1. The van der Waals surface area contributed by atoms with Gasteiger partial charge in [0, 0.05) is 17.1 Å². The molecule has 0 radical (unpaired) electrons. The van der Waals surface area contributed by atoms with E-state index in [1.807, 2.05) is 23.6 Å². The van der Waals surface area contributed by atoms with E-state index in [0.717, 1.165) is 34.1 Å². The Morgan fingerprint density at radius 2 is 1.88 bits per heavy atom. The average Bonchev–Trinajstić information content (AvgIpc) is 3.02. The maximum atomic E-state index is 12.7. The fraction of sp³-hybridized carbons (Fsp3) is 0.550. The molecule has 4 aliphatic carbocycles. The normalized spacial score (nSPS) is 32.7. The fourth-order valence-electron chi connectivity index (χ4n) is 5.76. The third-order valence-electron chi connectivity index (χ3n) is 6.22. The summed E-state index contributed by atoms with van der Waals surface area (Å²) in [6.07, 6.45) is 9.93. The molecule has 1 N–H and O–H groups in total. The first-order chi connectivity index (χ1) is 12.2. The van der Waals surface area contributed by atoms with Gasteiger partial charge in [-0.15, -0.1) is 11.3 Å². The first-order valence-electron chi connectivity index (χ1n) is 9.34. The van der Waals surface area contributed by atoms with Crippen LogP contribution in [0.15, 0.2) is 29.8 Å². The lowest BCUT2D eigenvalue weighted by atomic mass is 9.53. The summed E-state index contributed by atoms with van der Waals surface area (Å²) in [5.41, 5.74) is 1.82. The molecule has 0 spiro atoms. The van der Waals surface area contributed by atoms with Crippen LogP contribution in [0.3, 0.4) is 0 Å². The first kappa shape index (κ1) is 15.5. The summed E-state index contributed by atoms with van der Waals surface area (Å²) < 4.78 is 0. The number of thiazole rings is 1. The van der Waals surface area contributed by atoms with Crippen LogP contribution in [0.5, 0.6) is 0 Å². The Balaban J connectivity index is 1.26. The van der Waals surface area contributed by atoms with Crippen molar-refractivity contribution in [3.8, 4) is 10.7 Å². The van der Waals surface area contributed by atoms with Gasteiger partial charge in [-0.05, 0) is 68.4 Å². The predicted octanol–water partition coefficient (Wildman–Crippen LogP) is 3.83. The number of hydrogen-bond donors (Lipinski definition) is 1. The second-order valence-electron chi connectivity index (χ2n) is 8.28. The molecule has 1 amide bonds. The topological polar surface area (TPSA) is 54.9 Å². The highest BCUT2D eigenvalue weighted by atomic mass is 32.1. The Kier molecular flexibility index (Phi) is 3.66. The number of amides is 1. The van der Waals surface area contributed by atoms with Crippen LogP contribution in [0.25, 0.3) is 10.7 Å². The van der Waals surface area contributed by atoms with Crippen molar-refractivity contribution in [2.45, 2.75) is 50.5 Å². The minimum absolute atomic E-state index is 0.0890. The Bertz CT molecular complexity index is 750. The molecule has 0 saturated heterocycles. The van der Waals surface area contributed by atoms with Crippen molar-refractivity contribution in [3.05, 3.63) is 35.5 Å². The van der Waals surface area contributed by atoms with Crippen molar-refractivity contribution in [2.75, 3.05) is 0 Å². The molecule has 4 bridgehead atoms. The van der Waals surface area contributed by atoms with E-state index < -0.39 is 0 Å². The molecule has 4 saturated carbocycles. The molecule has 130 valence electrons. The molecule has 4 nitrogen and oxygen atoms in total. The zero-order valence-electron chi connectivity index (χ0n) is 14.3. The Morgan fingerprint density at radius 3 is 2.52 bits per heavy atom. The smallest absolute Gasteiger partial charge is 0.226 e. The zero-order valence-corrected chi connectivity index (χ0v) is 15.1. The van der Waals surface area contributed by atoms with Crippen LogP contribution in [-0.2, 0) is 11.2 Å². The largest absolute Gasteiger partial charge is 0.350 e. The van der Waals surface area contributed by atoms with Crippen LogP contribution in [0.4, 0.5) is 0 Å². The van der Waals surface area contributed by atoms with E-state index in [2.05, 4.69) is 15.3 Å². The summed E-state index contributed by atoms with van der Waals surface area (Å²) >= 11 is 1.56. The molecule has 0 aromatic carbocycles.